The van der Waals surface area contributed by atoms with E-state index in [-0.39, 0.29) is 22.0 Å². The van der Waals surface area contributed by atoms with Crippen molar-refractivity contribution in [3.63, 3.8) is 0 Å². The number of carbonyl (C=O) groups is 1. The Morgan fingerprint density at radius 1 is 1.17 bits per heavy atom. The number of pyridine rings is 1. The fourth-order valence-electron chi connectivity index (χ4n) is 2.30. The average Bonchev–Trinajstić information content (AvgIpc) is 2.54. The van der Waals surface area contributed by atoms with Gasteiger partial charge in [-0.15, -0.1) is 3.89 Å². The molecule has 0 bridgehead atoms. The number of benzene rings is 1. The van der Waals surface area contributed by atoms with Crippen LogP contribution in [-0.2, 0) is 10.0 Å². The highest BCUT2D eigenvalue weighted by atomic mass is 32.2. The van der Waals surface area contributed by atoms with Gasteiger partial charge in [-0.25, -0.2) is 9.78 Å². The molecule has 0 saturated carbocycles. The predicted molar refractivity (Wildman–Crippen MR) is 83.7 cm³/mol. The van der Waals surface area contributed by atoms with Crippen LogP contribution in [0.2, 0.25) is 0 Å². The molecular formula is C15H14N3O4S+. The highest BCUT2D eigenvalue weighted by molar-refractivity contribution is 7.86. The monoisotopic (exact) mass is 332 g/mol. The van der Waals surface area contributed by atoms with Gasteiger partial charge in [-0.05, 0) is 24.3 Å². The fraction of sp³-hybridized carbons (Fsp3) is 0.0667. The number of urea groups is 1. The van der Waals surface area contributed by atoms with Crippen molar-refractivity contribution >= 4 is 27.6 Å². The summed E-state index contributed by atoms with van der Waals surface area (Å²) in [5, 5.41) is 12.6. The Balaban J connectivity index is 2.08. The molecule has 7 nitrogen and oxygen atoms in total. The predicted octanol–water partition coefficient (Wildman–Crippen LogP) is 2.32. The number of anilines is 1. The van der Waals surface area contributed by atoms with Gasteiger partial charge in [-0.3, -0.25) is 5.32 Å². The molecule has 2 amide bonds. The van der Waals surface area contributed by atoms with Crippen LogP contribution in [0.1, 0.15) is 5.56 Å². The second-order valence-corrected chi connectivity index (χ2v) is 7.27. The topological polar surface area (TPSA) is 96.4 Å². The highest BCUT2D eigenvalue weighted by Crippen LogP contribution is 2.35. The molecule has 0 fully saturated rings. The zero-order valence-electron chi connectivity index (χ0n) is 12.2. The van der Waals surface area contributed by atoms with Gasteiger partial charge in [0.1, 0.15) is 10.7 Å². The van der Waals surface area contributed by atoms with Crippen molar-refractivity contribution in [1.82, 2.24) is 4.98 Å². The SMILES string of the molecule is C[N+]1(C(=O)Nc2ccccn2)C=C(O)c2ccccc2S1(=O)=O. The number of aliphatic hydroxyl groups is 1. The third kappa shape index (κ3) is 2.28. The van der Waals surface area contributed by atoms with Crippen LogP contribution < -0.4 is 5.32 Å². The number of nitrogens with zero attached hydrogens (tertiary/aromatic N) is 2. The van der Waals surface area contributed by atoms with Crippen LogP contribution in [0.15, 0.2) is 59.8 Å². The molecule has 23 heavy (non-hydrogen) atoms. The molecule has 2 heterocycles. The molecule has 1 aliphatic rings. The molecule has 118 valence electrons. The summed E-state index contributed by atoms with van der Waals surface area (Å²) in [7, 11) is -2.88. The number of carbonyl (C=O) groups excluding carboxylic acids is 1. The standard InChI is InChI=1S/C15H13N3O4S/c1-18(15(20)17-14-8-4-5-9-16-14)10-12(19)11-6-2-3-7-13(11)23(18,21)22/h2-10H,1H3,(H-,16,17,19,20)/p+1. The van der Waals surface area contributed by atoms with Gasteiger partial charge in [0.2, 0.25) is 0 Å². The normalized spacial score (nSPS) is 21.9. The first-order chi connectivity index (χ1) is 10.9. The van der Waals surface area contributed by atoms with Gasteiger partial charge in [0, 0.05) is 11.8 Å². The maximum absolute atomic E-state index is 12.8. The molecule has 1 aromatic carbocycles. The van der Waals surface area contributed by atoms with Gasteiger partial charge < -0.3 is 5.11 Å². The van der Waals surface area contributed by atoms with Crippen molar-refractivity contribution in [2.45, 2.75) is 4.90 Å². The van der Waals surface area contributed by atoms with Crippen molar-refractivity contribution in [2.24, 2.45) is 0 Å². The number of hydrogen-bond donors (Lipinski definition) is 2. The van der Waals surface area contributed by atoms with Crippen LogP contribution >= 0.6 is 0 Å². The molecule has 1 aliphatic heterocycles. The number of aliphatic hydroxyl groups excluding tert-OH is 1. The van der Waals surface area contributed by atoms with Crippen molar-refractivity contribution < 1.29 is 22.2 Å². The zero-order chi connectivity index (χ0) is 16.7. The lowest BCUT2D eigenvalue weighted by molar-refractivity contribution is -0.633. The van der Waals surface area contributed by atoms with Crippen LogP contribution in [0.3, 0.4) is 0 Å². The number of nitrogens with one attached hydrogen (secondary N) is 1. The molecule has 0 radical (unpaired) electrons. The number of quaternary nitrogens is 1. The molecule has 8 heteroatoms. The van der Waals surface area contributed by atoms with E-state index < -0.39 is 19.9 Å². The van der Waals surface area contributed by atoms with Gasteiger partial charge in [0.05, 0.1) is 7.05 Å². The minimum atomic E-state index is -4.07. The van der Waals surface area contributed by atoms with Gasteiger partial charge in [-0.1, -0.05) is 18.2 Å². The number of amides is 2. The summed E-state index contributed by atoms with van der Waals surface area (Å²) >= 11 is 0. The smallest absolute Gasteiger partial charge is 0.442 e. The molecule has 0 saturated heterocycles. The average molecular weight is 332 g/mol. The number of hydrogen-bond acceptors (Lipinski definition) is 5. The van der Waals surface area contributed by atoms with Crippen LogP contribution in [-0.4, -0.2) is 35.5 Å². The Morgan fingerprint density at radius 3 is 2.57 bits per heavy atom. The van der Waals surface area contributed by atoms with E-state index in [0.717, 1.165) is 6.20 Å². The summed E-state index contributed by atoms with van der Waals surface area (Å²) in [4.78, 5) is 16.4. The van der Waals surface area contributed by atoms with Gasteiger partial charge in [-0.2, -0.15) is 8.42 Å². The van der Waals surface area contributed by atoms with Crippen molar-refractivity contribution in [3.05, 3.63) is 60.4 Å². The van der Waals surface area contributed by atoms with Crippen LogP contribution in [0.4, 0.5) is 10.6 Å². The maximum atomic E-state index is 12.8. The molecule has 1 aromatic heterocycles. The lowest BCUT2D eigenvalue weighted by Gasteiger charge is -2.29. The van der Waals surface area contributed by atoms with E-state index in [1.54, 1.807) is 18.2 Å². The van der Waals surface area contributed by atoms with Gasteiger partial charge >= 0.3 is 16.1 Å². The molecule has 1 unspecified atom stereocenters. The third-order valence-corrected chi connectivity index (χ3v) is 5.79. The largest absolute Gasteiger partial charge is 0.503 e. The third-order valence-electron chi connectivity index (χ3n) is 3.61. The minimum absolute atomic E-state index is 0.0985. The van der Waals surface area contributed by atoms with E-state index in [0.29, 0.717) is 0 Å². The first kappa shape index (κ1) is 15.2. The van der Waals surface area contributed by atoms with Crippen molar-refractivity contribution in [3.8, 4) is 0 Å². The minimum Gasteiger partial charge on any atom is -0.503 e. The van der Waals surface area contributed by atoms with E-state index in [4.69, 9.17) is 0 Å². The lowest BCUT2D eigenvalue weighted by Crippen LogP contribution is -2.53. The van der Waals surface area contributed by atoms with Gasteiger partial charge in [0.15, 0.2) is 12.0 Å². The van der Waals surface area contributed by atoms with Crippen LogP contribution in [0.25, 0.3) is 5.76 Å². The summed E-state index contributed by atoms with van der Waals surface area (Å²) in [5.41, 5.74) is 0.175. The van der Waals surface area contributed by atoms with Crippen molar-refractivity contribution in [2.75, 3.05) is 12.4 Å². The summed E-state index contributed by atoms with van der Waals surface area (Å²) in [6.07, 6.45) is 2.47. The molecule has 2 aromatic rings. The second-order valence-electron chi connectivity index (χ2n) is 5.12. The van der Waals surface area contributed by atoms with Crippen LogP contribution in [0, 0.1) is 0 Å². The highest BCUT2D eigenvalue weighted by Gasteiger charge is 2.50. The number of aromatic nitrogens is 1. The summed E-state index contributed by atoms with van der Waals surface area (Å²) < 4.78 is 24.5. The van der Waals surface area contributed by atoms with Crippen LogP contribution in [0.5, 0.6) is 0 Å². The number of sulfonamides is 1. The molecule has 2 N–H and O–H groups in total. The summed E-state index contributed by atoms with van der Waals surface area (Å²) in [5.74, 6) is -0.0482. The Labute approximate surface area is 133 Å². The van der Waals surface area contributed by atoms with Gasteiger partial charge in [0.25, 0.3) is 0 Å². The molecule has 0 aliphatic carbocycles. The summed E-state index contributed by atoms with van der Waals surface area (Å²) in [6.45, 7) is 0. The van der Waals surface area contributed by atoms with E-state index in [1.165, 1.54) is 37.5 Å². The second kappa shape index (κ2) is 5.18. The number of rotatable bonds is 1. The molecule has 0 spiro atoms. The summed E-state index contributed by atoms with van der Waals surface area (Å²) in [6, 6.07) is 10.0. The maximum Gasteiger partial charge on any atom is 0.442 e. The molecule has 3 rings (SSSR count). The van der Waals surface area contributed by atoms with E-state index in [9.17, 15) is 18.3 Å². The van der Waals surface area contributed by atoms with E-state index in [2.05, 4.69) is 10.3 Å². The Kier molecular flexibility index (Phi) is 3.42. The Morgan fingerprint density at radius 2 is 1.87 bits per heavy atom. The molecule has 1 atom stereocenters. The van der Waals surface area contributed by atoms with E-state index >= 15 is 0 Å². The molecular weight excluding hydrogens is 318 g/mol. The van der Waals surface area contributed by atoms with E-state index in [1.807, 2.05) is 0 Å². The number of fused-ring (bicyclic) bond motifs is 1. The first-order valence-electron chi connectivity index (χ1n) is 6.71. The fourth-order valence-corrected chi connectivity index (χ4v) is 3.92. The van der Waals surface area contributed by atoms with Crippen molar-refractivity contribution in [1.29, 1.82) is 0 Å². The quantitative estimate of drug-likeness (QED) is 0.781. The Hall–Kier alpha value is -2.71. The zero-order valence-corrected chi connectivity index (χ0v) is 13.0. The first-order valence-corrected chi connectivity index (χ1v) is 8.15. The lowest BCUT2D eigenvalue weighted by atomic mass is 10.2. The Bertz CT molecular complexity index is 909.